The lowest BCUT2D eigenvalue weighted by atomic mass is 10.1. The second-order valence-corrected chi connectivity index (χ2v) is 6.37. The van der Waals surface area contributed by atoms with Gasteiger partial charge in [0.15, 0.2) is 5.75 Å². The first kappa shape index (κ1) is 17.3. The number of nitrogens with zero attached hydrogens (tertiary/aromatic N) is 3. The van der Waals surface area contributed by atoms with Gasteiger partial charge in [-0.3, -0.25) is 9.48 Å². The molecule has 1 aliphatic rings. The fourth-order valence-electron chi connectivity index (χ4n) is 3.11. The van der Waals surface area contributed by atoms with Crippen LogP contribution in [0.25, 0.3) is 0 Å². The quantitative estimate of drug-likeness (QED) is 0.883. The van der Waals surface area contributed by atoms with Crippen LogP contribution in [0.2, 0.25) is 0 Å². The molecule has 1 unspecified atom stereocenters. The van der Waals surface area contributed by atoms with Crippen LogP contribution in [0.1, 0.15) is 34.6 Å². The normalized spacial score (nSPS) is 15.9. The molecular formula is C18H24N4O3. The molecule has 0 aliphatic carbocycles. The van der Waals surface area contributed by atoms with Crippen LogP contribution >= 0.6 is 0 Å². The van der Waals surface area contributed by atoms with Crippen molar-refractivity contribution in [1.82, 2.24) is 15.1 Å². The van der Waals surface area contributed by atoms with Gasteiger partial charge < -0.3 is 20.1 Å². The average molecular weight is 344 g/mol. The lowest BCUT2D eigenvalue weighted by molar-refractivity contribution is 0.0938. The van der Waals surface area contributed by atoms with Gasteiger partial charge in [-0.05, 0) is 37.6 Å². The van der Waals surface area contributed by atoms with Gasteiger partial charge in [-0.2, -0.15) is 5.10 Å². The summed E-state index contributed by atoms with van der Waals surface area (Å²) in [5.41, 5.74) is 3.24. The molecule has 1 atom stereocenters. The third-order valence-electron chi connectivity index (χ3n) is 4.41. The molecular weight excluding hydrogens is 320 g/mol. The standard InChI is InChI=1S/C18H24N4O3/c1-12-10-14(4-5-15(12)22-6-8-25-9-7-22)18(24)19-13(2)17-16(23)11-21(3)20-17/h4-5,10-11,13,23H,6-9H2,1-3H3,(H,19,24). The minimum absolute atomic E-state index is 0.0779. The van der Waals surface area contributed by atoms with Gasteiger partial charge in [-0.25, -0.2) is 0 Å². The van der Waals surface area contributed by atoms with E-state index in [-0.39, 0.29) is 17.7 Å². The molecule has 0 radical (unpaired) electrons. The lowest BCUT2D eigenvalue weighted by Gasteiger charge is -2.30. The molecule has 1 aliphatic heterocycles. The molecule has 25 heavy (non-hydrogen) atoms. The predicted octanol–water partition coefficient (Wildman–Crippen LogP) is 1.76. The number of amides is 1. The molecule has 1 saturated heterocycles. The number of hydrogen-bond acceptors (Lipinski definition) is 5. The van der Waals surface area contributed by atoms with Gasteiger partial charge in [-0.1, -0.05) is 0 Å². The zero-order valence-corrected chi connectivity index (χ0v) is 14.8. The van der Waals surface area contributed by atoms with Gasteiger partial charge in [0.2, 0.25) is 0 Å². The Morgan fingerprint density at radius 3 is 2.68 bits per heavy atom. The third-order valence-corrected chi connectivity index (χ3v) is 4.41. The summed E-state index contributed by atoms with van der Waals surface area (Å²) in [5.74, 6) is -0.108. The molecule has 134 valence electrons. The Morgan fingerprint density at radius 1 is 1.36 bits per heavy atom. The van der Waals surface area contributed by atoms with E-state index < -0.39 is 0 Å². The highest BCUT2D eigenvalue weighted by Crippen LogP contribution is 2.24. The van der Waals surface area contributed by atoms with Gasteiger partial charge in [0.1, 0.15) is 5.69 Å². The van der Waals surface area contributed by atoms with Crippen molar-refractivity contribution in [3.05, 3.63) is 41.2 Å². The van der Waals surface area contributed by atoms with Crippen molar-refractivity contribution in [2.75, 3.05) is 31.2 Å². The van der Waals surface area contributed by atoms with E-state index >= 15 is 0 Å². The number of carbonyl (C=O) groups excluding carboxylic acids is 1. The summed E-state index contributed by atoms with van der Waals surface area (Å²) in [4.78, 5) is 14.8. The van der Waals surface area contributed by atoms with Gasteiger partial charge >= 0.3 is 0 Å². The van der Waals surface area contributed by atoms with E-state index in [1.165, 1.54) is 10.9 Å². The van der Waals surface area contributed by atoms with Gasteiger partial charge in [0, 0.05) is 31.4 Å². The summed E-state index contributed by atoms with van der Waals surface area (Å²) in [6.07, 6.45) is 1.51. The van der Waals surface area contributed by atoms with E-state index in [1.54, 1.807) is 14.0 Å². The summed E-state index contributed by atoms with van der Waals surface area (Å²) in [5, 5.41) is 16.9. The highest BCUT2D eigenvalue weighted by molar-refractivity contribution is 5.95. The van der Waals surface area contributed by atoms with Crippen LogP contribution in [-0.2, 0) is 11.8 Å². The molecule has 1 fully saturated rings. The van der Waals surface area contributed by atoms with Gasteiger partial charge in [-0.15, -0.1) is 0 Å². The van der Waals surface area contributed by atoms with Crippen LogP contribution in [0.4, 0.5) is 5.69 Å². The zero-order chi connectivity index (χ0) is 18.0. The molecule has 3 rings (SSSR count). The number of hydrogen-bond donors (Lipinski definition) is 2. The maximum absolute atomic E-state index is 12.5. The number of morpholine rings is 1. The first-order chi connectivity index (χ1) is 12.0. The second kappa shape index (κ2) is 7.14. The summed E-state index contributed by atoms with van der Waals surface area (Å²) >= 11 is 0. The van der Waals surface area contributed by atoms with Crippen LogP contribution in [0.5, 0.6) is 5.75 Å². The molecule has 1 aromatic carbocycles. The van der Waals surface area contributed by atoms with Crippen LogP contribution in [-0.4, -0.2) is 47.1 Å². The number of aromatic nitrogens is 2. The number of anilines is 1. The number of ether oxygens (including phenoxy) is 1. The van der Waals surface area contributed by atoms with E-state index in [1.807, 2.05) is 25.1 Å². The Labute approximate surface area is 147 Å². The monoisotopic (exact) mass is 344 g/mol. The number of aromatic hydroxyl groups is 1. The molecule has 0 saturated carbocycles. The minimum atomic E-state index is -0.382. The zero-order valence-electron chi connectivity index (χ0n) is 14.8. The molecule has 7 nitrogen and oxygen atoms in total. The summed E-state index contributed by atoms with van der Waals surface area (Å²) < 4.78 is 6.91. The maximum Gasteiger partial charge on any atom is 0.251 e. The van der Waals surface area contributed by atoms with Gasteiger partial charge in [0.25, 0.3) is 5.91 Å². The number of nitrogens with one attached hydrogen (secondary N) is 1. The van der Waals surface area contributed by atoms with E-state index in [4.69, 9.17) is 4.74 Å². The summed E-state index contributed by atoms with van der Waals surface area (Å²) in [7, 11) is 1.73. The SMILES string of the molecule is Cc1cc(C(=O)NC(C)c2nn(C)cc2O)ccc1N1CCOCC1. The minimum Gasteiger partial charge on any atom is -0.504 e. The van der Waals surface area contributed by atoms with Crippen molar-refractivity contribution in [2.45, 2.75) is 19.9 Å². The van der Waals surface area contributed by atoms with E-state index in [0.29, 0.717) is 11.3 Å². The van der Waals surface area contributed by atoms with Crippen molar-refractivity contribution >= 4 is 11.6 Å². The van der Waals surface area contributed by atoms with E-state index in [2.05, 4.69) is 15.3 Å². The summed E-state index contributed by atoms with van der Waals surface area (Å²) in [6.45, 7) is 6.99. The number of benzene rings is 1. The molecule has 7 heteroatoms. The predicted molar refractivity (Wildman–Crippen MR) is 95.0 cm³/mol. The molecule has 2 aromatic rings. The maximum atomic E-state index is 12.5. The molecule has 2 heterocycles. The fourth-order valence-corrected chi connectivity index (χ4v) is 3.11. The Balaban J connectivity index is 1.71. The van der Waals surface area contributed by atoms with Crippen LogP contribution in [0.15, 0.2) is 24.4 Å². The first-order valence-corrected chi connectivity index (χ1v) is 8.42. The average Bonchev–Trinajstić information content (AvgIpc) is 2.94. The molecule has 0 spiro atoms. The van der Waals surface area contributed by atoms with Crippen LogP contribution < -0.4 is 10.2 Å². The van der Waals surface area contributed by atoms with Gasteiger partial charge in [0.05, 0.1) is 25.5 Å². The van der Waals surface area contributed by atoms with Crippen molar-refractivity contribution in [3.63, 3.8) is 0 Å². The number of rotatable bonds is 4. The highest BCUT2D eigenvalue weighted by atomic mass is 16.5. The molecule has 2 N–H and O–H groups in total. The van der Waals surface area contributed by atoms with Crippen molar-refractivity contribution in [3.8, 4) is 5.75 Å². The lowest BCUT2D eigenvalue weighted by Crippen LogP contribution is -2.36. The van der Waals surface area contributed by atoms with Crippen molar-refractivity contribution in [1.29, 1.82) is 0 Å². The third kappa shape index (κ3) is 3.76. The Bertz CT molecular complexity index is 766. The largest absolute Gasteiger partial charge is 0.504 e. The van der Waals surface area contributed by atoms with Crippen molar-refractivity contribution < 1.29 is 14.6 Å². The Kier molecular flexibility index (Phi) is 4.94. The topological polar surface area (TPSA) is 79.6 Å². The molecule has 0 bridgehead atoms. The summed E-state index contributed by atoms with van der Waals surface area (Å²) in [6, 6.07) is 5.33. The molecule has 1 aromatic heterocycles. The van der Waals surface area contributed by atoms with Crippen LogP contribution in [0, 0.1) is 6.92 Å². The fraction of sp³-hybridized carbons (Fsp3) is 0.444. The molecule has 1 amide bonds. The van der Waals surface area contributed by atoms with E-state index in [9.17, 15) is 9.90 Å². The second-order valence-electron chi connectivity index (χ2n) is 6.37. The number of carbonyl (C=O) groups is 1. The Morgan fingerprint density at radius 2 is 2.08 bits per heavy atom. The van der Waals surface area contributed by atoms with E-state index in [0.717, 1.165) is 37.6 Å². The Hall–Kier alpha value is -2.54. The first-order valence-electron chi connectivity index (χ1n) is 8.42. The van der Waals surface area contributed by atoms with Crippen LogP contribution in [0.3, 0.4) is 0 Å². The highest BCUT2D eigenvalue weighted by Gasteiger charge is 2.19. The van der Waals surface area contributed by atoms with Crippen molar-refractivity contribution in [2.24, 2.45) is 7.05 Å². The smallest absolute Gasteiger partial charge is 0.251 e. The number of aryl methyl sites for hydroxylation is 2.